The average molecular weight is 400 g/mol. The first-order valence-corrected chi connectivity index (χ1v) is 8.35. The molecule has 2 aromatic carbocycles. The normalized spacial score (nSPS) is 12.2. The number of ether oxygens (including phenoxy) is 4. The van der Waals surface area contributed by atoms with Crippen molar-refractivity contribution in [2.24, 2.45) is 0 Å². The average Bonchev–Trinajstić information content (AvgIpc) is 3.11. The van der Waals surface area contributed by atoms with Gasteiger partial charge in [0.2, 0.25) is 6.79 Å². The molecule has 1 aliphatic heterocycles. The van der Waals surface area contributed by atoms with Crippen LogP contribution in [0.1, 0.15) is 15.9 Å². The number of nitrogens with one attached hydrogen (secondary N) is 1. The van der Waals surface area contributed by atoms with Gasteiger partial charge in [-0.1, -0.05) is 17.7 Å². The van der Waals surface area contributed by atoms with Crippen molar-refractivity contribution in [3.8, 4) is 23.0 Å². The number of carbonyl (C=O) groups excluding carboxylic acids is 1. The lowest BCUT2D eigenvalue weighted by Gasteiger charge is -2.12. The van der Waals surface area contributed by atoms with Gasteiger partial charge in [0.25, 0.3) is 5.91 Å². The molecule has 0 unspecified atom stereocenters. The third-order valence-corrected chi connectivity index (χ3v) is 4.11. The lowest BCUT2D eigenvalue weighted by atomic mass is 10.1. The Morgan fingerprint density at radius 2 is 2.07 bits per heavy atom. The number of alkyl halides is 2. The maximum absolute atomic E-state index is 12.3. The highest BCUT2D eigenvalue weighted by Crippen LogP contribution is 2.39. The summed E-state index contributed by atoms with van der Waals surface area (Å²) in [6.07, 6.45) is 0.468. The Hall–Kier alpha value is -2.74. The van der Waals surface area contributed by atoms with Gasteiger partial charge in [0, 0.05) is 12.1 Å². The molecule has 1 heterocycles. The minimum absolute atomic E-state index is 0.0460. The molecule has 6 nitrogen and oxygen atoms in total. The summed E-state index contributed by atoms with van der Waals surface area (Å²) in [5.74, 6) is 0.676. The van der Waals surface area contributed by atoms with Crippen LogP contribution in [0, 0.1) is 0 Å². The van der Waals surface area contributed by atoms with Crippen molar-refractivity contribution in [1.82, 2.24) is 5.32 Å². The summed E-state index contributed by atoms with van der Waals surface area (Å²) in [6, 6.07) is 7.68. The fourth-order valence-electron chi connectivity index (χ4n) is 2.58. The number of amides is 1. The third-order valence-electron chi connectivity index (χ3n) is 3.83. The van der Waals surface area contributed by atoms with Crippen molar-refractivity contribution in [3.63, 3.8) is 0 Å². The van der Waals surface area contributed by atoms with Crippen molar-refractivity contribution < 1.29 is 32.5 Å². The second-order valence-electron chi connectivity index (χ2n) is 5.56. The fraction of sp³-hybridized carbons (Fsp3) is 0.278. The van der Waals surface area contributed by atoms with Gasteiger partial charge in [0.15, 0.2) is 23.0 Å². The van der Waals surface area contributed by atoms with Gasteiger partial charge < -0.3 is 24.3 Å². The van der Waals surface area contributed by atoms with Crippen molar-refractivity contribution in [1.29, 1.82) is 0 Å². The third kappa shape index (κ3) is 4.51. The minimum Gasteiger partial charge on any atom is -0.493 e. The number of benzene rings is 2. The summed E-state index contributed by atoms with van der Waals surface area (Å²) >= 11 is 6.07. The molecule has 0 aromatic heterocycles. The van der Waals surface area contributed by atoms with E-state index in [2.05, 4.69) is 10.1 Å². The van der Waals surface area contributed by atoms with Crippen molar-refractivity contribution >= 4 is 17.5 Å². The summed E-state index contributed by atoms with van der Waals surface area (Å²) in [7, 11) is 1.36. The van der Waals surface area contributed by atoms with Gasteiger partial charge >= 0.3 is 6.61 Å². The van der Waals surface area contributed by atoms with E-state index in [4.69, 9.17) is 25.8 Å². The number of carbonyl (C=O) groups is 1. The van der Waals surface area contributed by atoms with Gasteiger partial charge in [-0.25, -0.2) is 0 Å². The van der Waals surface area contributed by atoms with Crippen LogP contribution >= 0.6 is 11.6 Å². The van der Waals surface area contributed by atoms with Gasteiger partial charge in [0.05, 0.1) is 12.1 Å². The molecule has 0 aliphatic carbocycles. The van der Waals surface area contributed by atoms with E-state index in [1.54, 1.807) is 18.2 Å². The lowest BCUT2D eigenvalue weighted by Crippen LogP contribution is -2.25. The van der Waals surface area contributed by atoms with Gasteiger partial charge in [0.1, 0.15) is 0 Å². The van der Waals surface area contributed by atoms with Crippen LogP contribution < -0.4 is 24.3 Å². The molecule has 144 valence electrons. The predicted molar refractivity (Wildman–Crippen MR) is 93.2 cm³/mol. The van der Waals surface area contributed by atoms with Gasteiger partial charge in [-0.2, -0.15) is 8.78 Å². The van der Waals surface area contributed by atoms with E-state index in [1.165, 1.54) is 19.2 Å². The Bertz CT molecular complexity index is 847. The highest BCUT2D eigenvalue weighted by atomic mass is 35.5. The van der Waals surface area contributed by atoms with Crippen LogP contribution in [-0.4, -0.2) is 33.0 Å². The SMILES string of the molecule is COc1cc(CCNC(=O)c2cc(Cl)c3c(c2)OCO3)ccc1OC(F)F. The Morgan fingerprint density at radius 3 is 2.81 bits per heavy atom. The zero-order valence-corrected chi connectivity index (χ0v) is 15.0. The Labute approximate surface area is 158 Å². The Morgan fingerprint density at radius 1 is 1.26 bits per heavy atom. The van der Waals surface area contributed by atoms with E-state index in [9.17, 15) is 13.6 Å². The summed E-state index contributed by atoms with van der Waals surface area (Å²) in [5, 5.41) is 3.06. The predicted octanol–water partition coefficient (Wildman–Crippen LogP) is 3.65. The molecule has 0 atom stereocenters. The number of rotatable bonds is 7. The maximum atomic E-state index is 12.3. The molecule has 0 radical (unpaired) electrons. The molecule has 3 rings (SSSR count). The number of hydrogen-bond acceptors (Lipinski definition) is 5. The summed E-state index contributed by atoms with van der Waals surface area (Å²) in [6.45, 7) is -2.55. The highest BCUT2D eigenvalue weighted by molar-refractivity contribution is 6.32. The fourth-order valence-corrected chi connectivity index (χ4v) is 2.85. The lowest BCUT2D eigenvalue weighted by molar-refractivity contribution is -0.0512. The largest absolute Gasteiger partial charge is 0.493 e. The van der Waals surface area contributed by atoms with Gasteiger partial charge in [-0.05, 0) is 36.2 Å². The molecular weight excluding hydrogens is 384 g/mol. The van der Waals surface area contributed by atoms with Crippen molar-refractivity contribution in [2.75, 3.05) is 20.4 Å². The molecule has 9 heteroatoms. The molecule has 0 saturated carbocycles. The van der Waals surface area contributed by atoms with Gasteiger partial charge in [-0.15, -0.1) is 0 Å². The van der Waals surface area contributed by atoms with E-state index >= 15 is 0 Å². The van der Waals surface area contributed by atoms with E-state index in [0.29, 0.717) is 35.1 Å². The summed E-state index contributed by atoms with van der Waals surface area (Å²) in [4.78, 5) is 12.3. The zero-order chi connectivity index (χ0) is 19.4. The minimum atomic E-state index is -2.93. The number of halogens is 3. The van der Waals surface area contributed by atoms with Crippen LogP contribution in [0.2, 0.25) is 5.02 Å². The molecule has 0 spiro atoms. The molecule has 0 saturated heterocycles. The standard InChI is InChI=1S/C18H16ClF2NO5/c1-24-14-6-10(2-3-13(14)27-18(20)21)4-5-22-17(23)11-7-12(19)16-15(8-11)25-9-26-16/h2-3,6-8,18H,4-5,9H2,1H3,(H,22,23). The van der Waals surface area contributed by atoms with Crippen LogP contribution in [0.25, 0.3) is 0 Å². The molecule has 2 aromatic rings. The molecule has 0 fully saturated rings. The molecule has 27 heavy (non-hydrogen) atoms. The first kappa shape index (κ1) is 19.0. The first-order valence-electron chi connectivity index (χ1n) is 7.97. The van der Waals surface area contributed by atoms with E-state index in [-0.39, 0.29) is 24.2 Å². The van der Waals surface area contributed by atoms with Crippen LogP contribution in [0.15, 0.2) is 30.3 Å². The Kier molecular flexibility index (Phi) is 5.85. The highest BCUT2D eigenvalue weighted by Gasteiger charge is 2.20. The summed E-state index contributed by atoms with van der Waals surface area (Å²) < 4.78 is 44.6. The van der Waals surface area contributed by atoms with E-state index < -0.39 is 6.61 Å². The molecule has 1 aliphatic rings. The molecule has 1 amide bonds. The van der Waals surface area contributed by atoms with Gasteiger partial charge in [-0.3, -0.25) is 4.79 Å². The van der Waals surface area contributed by atoms with E-state index in [0.717, 1.165) is 5.56 Å². The first-order chi connectivity index (χ1) is 13.0. The number of fused-ring (bicyclic) bond motifs is 1. The van der Waals surface area contributed by atoms with Crippen LogP contribution in [0.4, 0.5) is 8.78 Å². The zero-order valence-electron chi connectivity index (χ0n) is 14.3. The topological polar surface area (TPSA) is 66.0 Å². The van der Waals surface area contributed by atoms with Crippen molar-refractivity contribution in [2.45, 2.75) is 13.0 Å². The quantitative estimate of drug-likeness (QED) is 0.769. The number of hydrogen-bond donors (Lipinski definition) is 1. The molecular formula is C18H16ClF2NO5. The molecule has 1 N–H and O–H groups in total. The van der Waals surface area contributed by atoms with Crippen molar-refractivity contribution in [3.05, 3.63) is 46.5 Å². The number of methoxy groups -OCH3 is 1. The van der Waals surface area contributed by atoms with E-state index in [1.807, 2.05) is 0 Å². The second kappa shape index (κ2) is 8.30. The molecule has 0 bridgehead atoms. The second-order valence-corrected chi connectivity index (χ2v) is 5.97. The monoisotopic (exact) mass is 399 g/mol. The smallest absolute Gasteiger partial charge is 0.387 e. The summed E-state index contributed by atoms with van der Waals surface area (Å²) in [5.41, 5.74) is 1.14. The van der Waals surface area contributed by atoms with Crippen LogP contribution in [-0.2, 0) is 6.42 Å². The van der Waals surface area contributed by atoms with Crippen LogP contribution in [0.3, 0.4) is 0 Å². The van der Waals surface area contributed by atoms with Crippen LogP contribution in [0.5, 0.6) is 23.0 Å². The Balaban J connectivity index is 1.60. The maximum Gasteiger partial charge on any atom is 0.387 e.